The number of hydrogen-bond donors (Lipinski definition) is 1. The van der Waals surface area contributed by atoms with Gasteiger partial charge in [0.2, 0.25) is 0 Å². The molecule has 0 bridgehead atoms. The second-order valence-electron chi connectivity index (χ2n) is 3.84. The van der Waals surface area contributed by atoms with Crippen LogP contribution in [0.4, 0.5) is 0 Å². The third-order valence-corrected chi connectivity index (χ3v) is 3.83. The molecule has 1 aliphatic rings. The van der Waals surface area contributed by atoms with Gasteiger partial charge in [-0.3, -0.25) is 4.79 Å². The summed E-state index contributed by atoms with van der Waals surface area (Å²) < 4.78 is 5.29. The zero-order chi connectivity index (χ0) is 11.5. The molecule has 0 saturated heterocycles. The van der Waals surface area contributed by atoms with Crippen LogP contribution < -0.4 is 0 Å². The van der Waals surface area contributed by atoms with Crippen molar-refractivity contribution in [3.63, 3.8) is 0 Å². The topological polar surface area (TPSA) is 59.4 Å². The van der Waals surface area contributed by atoms with E-state index in [0.29, 0.717) is 19.6 Å². The summed E-state index contributed by atoms with van der Waals surface area (Å²) in [5.74, 6) is -1.16. The van der Waals surface area contributed by atoms with Crippen molar-refractivity contribution in [1.29, 1.82) is 0 Å². The molecule has 0 amide bonds. The molecule has 16 heavy (non-hydrogen) atoms. The van der Waals surface area contributed by atoms with Crippen molar-refractivity contribution >= 4 is 17.3 Å². The minimum absolute atomic E-state index is 0.407. The quantitative estimate of drug-likeness (QED) is 0.877. The van der Waals surface area contributed by atoms with E-state index < -0.39 is 11.9 Å². The summed E-state index contributed by atoms with van der Waals surface area (Å²) in [6, 6.07) is 0. The van der Waals surface area contributed by atoms with Crippen LogP contribution >= 0.6 is 11.3 Å². The number of carbonyl (C=O) groups is 1. The van der Waals surface area contributed by atoms with Crippen LogP contribution in [0.3, 0.4) is 0 Å². The summed E-state index contributed by atoms with van der Waals surface area (Å²) in [4.78, 5) is 16.6. The van der Waals surface area contributed by atoms with Crippen LogP contribution in [-0.2, 0) is 22.6 Å². The molecule has 1 N–H and O–H groups in total. The Bertz CT molecular complexity index is 389. The second-order valence-corrected chi connectivity index (χ2v) is 5.00. The minimum Gasteiger partial charge on any atom is -0.481 e. The molecule has 0 radical (unpaired) electrons. The van der Waals surface area contributed by atoms with E-state index in [0.717, 1.165) is 28.4 Å². The number of aromatic nitrogens is 1. The molecule has 5 heteroatoms. The van der Waals surface area contributed by atoms with Gasteiger partial charge in [-0.1, -0.05) is 0 Å². The number of hydrogen-bond acceptors (Lipinski definition) is 4. The lowest BCUT2D eigenvalue weighted by atomic mass is 9.91. The van der Waals surface area contributed by atoms with E-state index in [2.05, 4.69) is 4.98 Å². The van der Waals surface area contributed by atoms with Crippen molar-refractivity contribution in [2.24, 2.45) is 0 Å². The standard InChI is InChI=1S/C11H15NO3S/c1-2-15-6-9-12-10-7(11(13)14)4-3-5-8(10)16-9/h7H,2-6H2,1H3,(H,13,14). The summed E-state index contributed by atoms with van der Waals surface area (Å²) in [6.45, 7) is 3.10. The maximum absolute atomic E-state index is 11.1. The van der Waals surface area contributed by atoms with Gasteiger partial charge in [-0.2, -0.15) is 0 Å². The number of ether oxygens (including phenoxy) is 1. The number of carboxylic acid groups (broad SMARTS) is 1. The first-order chi connectivity index (χ1) is 7.72. The Morgan fingerprint density at radius 2 is 2.50 bits per heavy atom. The lowest BCUT2D eigenvalue weighted by Gasteiger charge is -2.16. The Labute approximate surface area is 98.3 Å². The zero-order valence-corrected chi connectivity index (χ0v) is 10.0. The van der Waals surface area contributed by atoms with Gasteiger partial charge in [0.05, 0.1) is 18.2 Å². The number of fused-ring (bicyclic) bond motifs is 1. The molecule has 1 aliphatic carbocycles. The predicted molar refractivity (Wildman–Crippen MR) is 60.8 cm³/mol. The fraction of sp³-hybridized carbons (Fsp3) is 0.636. The van der Waals surface area contributed by atoms with Crippen molar-refractivity contribution in [2.45, 2.75) is 38.7 Å². The van der Waals surface area contributed by atoms with Crippen molar-refractivity contribution in [3.05, 3.63) is 15.6 Å². The highest BCUT2D eigenvalue weighted by Crippen LogP contribution is 2.35. The minimum atomic E-state index is -0.755. The van der Waals surface area contributed by atoms with Gasteiger partial charge in [-0.25, -0.2) is 4.98 Å². The van der Waals surface area contributed by atoms with Crippen LogP contribution in [0.15, 0.2) is 0 Å². The highest BCUT2D eigenvalue weighted by Gasteiger charge is 2.29. The number of thiazole rings is 1. The normalized spacial score (nSPS) is 19.4. The fourth-order valence-corrected chi connectivity index (χ4v) is 3.07. The van der Waals surface area contributed by atoms with E-state index in [-0.39, 0.29) is 0 Å². The molecule has 0 fully saturated rings. The number of aryl methyl sites for hydroxylation is 1. The monoisotopic (exact) mass is 241 g/mol. The molecular weight excluding hydrogens is 226 g/mol. The van der Waals surface area contributed by atoms with Gasteiger partial charge >= 0.3 is 5.97 Å². The third kappa shape index (κ3) is 2.25. The van der Waals surface area contributed by atoms with E-state index in [1.54, 1.807) is 11.3 Å². The molecule has 88 valence electrons. The molecular formula is C11H15NO3S. The summed E-state index contributed by atoms with van der Waals surface area (Å²) >= 11 is 1.60. The highest BCUT2D eigenvalue weighted by molar-refractivity contribution is 7.11. The summed E-state index contributed by atoms with van der Waals surface area (Å²) in [5.41, 5.74) is 0.776. The maximum atomic E-state index is 11.1. The van der Waals surface area contributed by atoms with Crippen LogP contribution in [0.5, 0.6) is 0 Å². The van der Waals surface area contributed by atoms with Crippen LogP contribution in [0.25, 0.3) is 0 Å². The first-order valence-corrected chi connectivity index (χ1v) is 6.33. The first-order valence-electron chi connectivity index (χ1n) is 5.51. The molecule has 0 aliphatic heterocycles. The molecule has 1 atom stereocenters. The average molecular weight is 241 g/mol. The van der Waals surface area contributed by atoms with E-state index in [1.165, 1.54) is 0 Å². The van der Waals surface area contributed by atoms with Gasteiger partial charge in [-0.15, -0.1) is 11.3 Å². The van der Waals surface area contributed by atoms with Gasteiger partial charge in [0.1, 0.15) is 5.01 Å². The fourth-order valence-electron chi connectivity index (χ4n) is 1.96. The lowest BCUT2D eigenvalue weighted by Crippen LogP contribution is -2.17. The predicted octanol–water partition coefficient (Wildman–Crippen LogP) is 2.18. The third-order valence-electron chi connectivity index (χ3n) is 2.73. The Balaban J connectivity index is 2.20. The molecule has 4 nitrogen and oxygen atoms in total. The van der Waals surface area contributed by atoms with E-state index in [9.17, 15) is 4.79 Å². The van der Waals surface area contributed by atoms with Crippen molar-refractivity contribution in [2.75, 3.05) is 6.61 Å². The Morgan fingerprint density at radius 1 is 1.69 bits per heavy atom. The molecule has 1 aromatic rings. The van der Waals surface area contributed by atoms with Gasteiger partial charge < -0.3 is 9.84 Å². The zero-order valence-electron chi connectivity index (χ0n) is 9.23. The Hall–Kier alpha value is -0.940. The second kappa shape index (κ2) is 4.93. The van der Waals surface area contributed by atoms with Crippen molar-refractivity contribution in [3.8, 4) is 0 Å². The van der Waals surface area contributed by atoms with Gasteiger partial charge in [0.15, 0.2) is 0 Å². The van der Waals surface area contributed by atoms with Crippen molar-refractivity contribution < 1.29 is 14.6 Å². The average Bonchev–Trinajstić information content (AvgIpc) is 2.68. The number of aliphatic carboxylic acids is 1. The Morgan fingerprint density at radius 3 is 3.19 bits per heavy atom. The number of rotatable bonds is 4. The maximum Gasteiger partial charge on any atom is 0.312 e. The molecule has 0 saturated carbocycles. The van der Waals surface area contributed by atoms with Gasteiger partial charge in [-0.05, 0) is 26.2 Å². The molecule has 0 aromatic carbocycles. The summed E-state index contributed by atoms with van der Waals surface area (Å²) in [5, 5.41) is 10.0. The summed E-state index contributed by atoms with van der Waals surface area (Å²) in [7, 11) is 0. The van der Waals surface area contributed by atoms with Crippen LogP contribution in [0.2, 0.25) is 0 Å². The van der Waals surface area contributed by atoms with Gasteiger partial charge in [0, 0.05) is 11.5 Å². The highest BCUT2D eigenvalue weighted by atomic mass is 32.1. The van der Waals surface area contributed by atoms with Crippen molar-refractivity contribution in [1.82, 2.24) is 4.98 Å². The lowest BCUT2D eigenvalue weighted by molar-refractivity contribution is -0.139. The molecule has 1 heterocycles. The smallest absolute Gasteiger partial charge is 0.312 e. The molecule has 1 aromatic heterocycles. The van der Waals surface area contributed by atoms with Crippen LogP contribution in [0, 0.1) is 0 Å². The SMILES string of the molecule is CCOCc1nc2c(s1)CCCC2C(=O)O. The van der Waals surface area contributed by atoms with Crippen LogP contribution in [0.1, 0.15) is 41.3 Å². The van der Waals surface area contributed by atoms with E-state index in [4.69, 9.17) is 9.84 Å². The largest absolute Gasteiger partial charge is 0.481 e. The number of carboxylic acids is 1. The first kappa shape index (κ1) is 11.5. The Kier molecular flexibility index (Phi) is 3.56. The molecule has 2 rings (SSSR count). The van der Waals surface area contributed by atoms with E-state index in [1.807, 2.05) is 6.92 Å². The number of nitrogens with zero attached hydrogens (tertiary/aromatic N) is 1. The van der Waals surface area contributed by atoms with Gasteiger partial charge in [0.25, 0.3) is 0 Å². The molecule has 1 unspecified atom stereocenters. The van der Waals surface area contributed by atoms with Crippen LogP contribution in [-0.4, -0.2) is 22.7 Å². The summed E-state index contributed by atoms with van der Waals surface area (Å²) in [6.07, 6.45) is 2.61. The van der Waals surface area contributed by atoms with E-state index >= 15 is 0 Å². The molecule has 0 spiro atoms.